The summed E-state index contributed by atoms with van der Waals surface area (Å²) >= 11 is 6.02. The lowest BCUT2D eigenvalue weighted by Gasteiger charge is -2.09. The Balaban J connectivity index is 2.18. The van der Waals surface area contributed by atoms with Gasteiger partial charge in [0.25, 0.3) is 0 Å². The van der Waals surface area contributed by atoms with Gasteiger partial charge in [-0.3, -0.25) is 0 Å². The van der Waals surface area contributed by atoms with Gasteiger partial charge in [0, 0.05) is 11.6 Å². The molecular formula is C17H14ClN. The first kappa shape index (κ1) is 12.2. The Labute approximate surface area is 117 Å². The van der Waals surface area contributed by atoms with Crippen molar-refractivity contribution in [3.63, 3.8) is 0 Å². The summed E-state index contributed by atoms with van der Waals surface area (Å²) in [6.45, 7) is 0.489. The number of hydrogen-bond acceptors (Lipinski definition) is 1. The Morgan fingerprint density at radius 3 is 2.42 bits per heavy atom. The summed E-state index contributed by atoms with van der Waals surface area (Å²) in [6.07, 6.45) is 0. The van der Waals surface area contributed by atoms with Crippen LogP contribution in [0.25, 0.3) is 21.9 Å². The van der Waals surface area contributed by atoms with Crippen LogP contribution in [0, 0.1) is 0 Å². The fourth-order valence-corrected chi connectivity index (χ4v) is 2.56. The van der Waals surface area contributed by atoms with Crippen molar-refractivity contribution in [2.75, 3.05) is 0 Å². The number of fused-ring (bicyclic) bond motifs is 1. The zero-order valence-corrected chi connectivity index (χ0v) is 11.2. The van der Waals surface area contributed by atoms with Crippen LogP contribution in [0.4, 0.5) is 0 Å². The van der Waals surface area contributed by atoms with E-state index < -0.39 is 0 Å². The third kappa shape index (κ3) is 2.35. The molecule has 0 radical (unpaired) electrons. The molecule has 0 aliphatic heterocycles. The molecule has 0 saturated heterocycles. The molecule has 0 atom stereocenters. The van der Waals surface area contributed by atoms with Crippen LogP contribution in [0.1, 0.15) is 5.56 Å². The van der Waals surface area contributed by atoms with E-state index in [-0.39, 0.29) is 0 Å². The topological polar surface area (TPSA) is 26.0 Å². The van der Waals surface area contributed by atoms with Crippen molar-refractivity contribution in [3.8, 4) is 11.1 Å². The minimum absolute atomic E-state index is 0.489. The Hall–Kier alpha value is -1.83. The highest BCUT2D eigenvalue weighted by Gasteiger charge is 2.05. The van der Waals surface area contributed by atoms with E-state index in [0.29, 0.717) is 6.54 Å². The number of hydrogen-bond donors (Lipinski definition) is 1. The molecule has 0 spiro atoms. The van der Waals surface area contributed by atoms with E-state index >= 15 is 0 Å². The molecule has 3 aromatic carbocycles. The maximum absolute atomic E-state index is 6.02. The zero-order valence-electron chi connectivity index (χ0n) is 10.4. The smallest absolute Gasteiger partial charge is 0.0409 e. The quantitative estimate of drug-likeness (QED) is 0.720. The molecule has 0 amide bonds. The Bertz CT molecular complexity index is 734. The molecule has 0 heterocycles. The SMILES string of the molecule is NCc1cc(Cl)ccc1-c1ccc2ccccc2c1. The van der Waals surface area contributed by atoms with Gasteiger partial charge >= 0.3 is 0 Å². The lowest BCUT2D eigenvalue weighted by Crippen LogP contribution is -1.98. The van der Waals surface area contributed by atoms with Crippen molar-refractivity contribution < 1.29 is 0 Å². The predicted octanol–water partition coefficient (Wildman–Crippen LogP) is 4.62. The molecule has 2 N–H and O–H groups in total. The molecule has 2 heteroatoms. The predicted molar refractivity (Wildman–Crippen MR) is 82.3 cm³/mol. The fourth-order valence-electron chi connectivity index (χ4n) is 2.37. The molecule has 0 fully saturated rings. The van der Waals surface area contributed by atoms with Crippen LogP contribution < -0.4 is 5.73 Å². The summed E-state index contributed by atoms with van der Waals surface area (Å²) < 4.78 is 0. The van der Waals surface area contributed by atoms with Crippen LogP contribution in [0.5, 0.6) is 0 Å². The monoisotopic (exact) mass is 267 g/mol. The van der Waals surface area contributed by atoms with Gasteiger partial charge in [0.2, 0.25) is 0 Å². The van der Waals surface area contributed by atoms with Crippen LogP contribution in [0.3, 0.4) is 0 Å². The molecule has 3 rings (SSSR count). The number of halogens is 1. The molecule has 0 saturated carbocycles. The molecule has 1 nitrogen and oxygen atoms in total. The molecular weight excluding hydrogens is 254 g/mol. The molecule has 0 aliphatic carbocycles. The Morgan fingerprint density at radius 1 is 0.842 bits per heavy atom. The highest BCUT2D eigenvalue weighted by Crippen LogP contribution is 2.29. The first-order valence-corrected chi connectivity index (χ1v) is 6.63. The Morgan fingerprint density at radius 2 is 1.63 bits per heavy atom. The van der Waals surface area contributed by atoms with Gasteiger partial charge in [0.1, 0.15) is 0 Å². The average molecular weight is 268 g/mol. The largest absolute Gasteiger partial charge is 0.326 e. The summed E-state index contributed by atoms with van der Waals surface area (Å²) in [6, 6.07) is 20.7. The van der Waals surface area contributed by atoms with Gasteiger partial charge in [-0.2, -0.15) is 0 Å². The molecule has 0 aromatic heterocycles. The summed E-state index contributed by atoms with van der Waals surface area (Å²) in [5.74, 6) is 0. The maximum atomic E-state index is 6.02. The van der Waals surface area contributed by atoms with E-state index in [1.54, 1.807) is 0 Å². The van der Waals surface area contributed by atoms with E-state index in [4.69, 9.17) is 17.3 Å². The van der Waals surface area contributed by atoms with Crippen molar-refractivity contribution in [2.45, 2.75) is 6.54 Å². The van der Waals surface area contributed by atoms with E-state index in [0.717, 1.165) is 16.1 Å². The lowest BCUT2D eigenvalue weighted by molar-refractivity contribution is 1.07. The van der Waals surface area contributed by atoms with Crippen molar-refractivity contribution in [2.24, 2.45) is 5.73 Å². The van der Waals surface area contributed by atoms with Crippen LogP contribution in [0.15, 0.2) is 60.7 Å². The second-order valence-corrected chi connectivity index (χ2v) is 5.00. The third-order valence-corrected chi connectivity index (χ3v) is 3.58. The van der Waals surface area contributed by atoms with Crippen molar-refractivity contribution in [1.29, 1.82) is 0 Å². The van der Waals surface area contributed by atoms with Gasteiger partial charge in [-0.1, -0.05) is 54.1 Å². The summed E-state index contributed by atoms with van der Waals surface area (Å²) in [5.41, 5.74) is 9.21. The minimum atomic E-state index is 0.489. The fraction of sp³-hybridized carbons (Fsp3) is 0.0588. The van der Waals surface area contributed by atoms with Crippen molar-refractivity contribution in [3.05, 3.63) is 71.2 Å². The molecule has 0 unspecified atom stereocenters. The van der Waals surface area contributed by atoms with Crippen molar-refractivity contribution in [1.82, 2.24) is 0 Å². The number of benzene rings is 3. The minimum Gasteiger partial charge on any atom is -0.326 e. The average Bonchev–Trinajstić information content (AvgIpc) is 2.46. The first-order valence-electron chi connectivity index (χ1n) is 6.25. The van der Waals surface area contributed by atoms with Gasteiger partial charge in [0.05, 0.1) is 0 Å². The number of nitrogens with two attached hydrogens (primary N) is 1. The normalized spacial score (nSPS) is 10.8. The standard InChI is InChI=1S/C17H14ClN/c18-16-7-8-17(15(10-16)11-19)14-6-5-12-3-1-2-4-13(12)9-14/h1-10H,11,19H2. The lowest BCUT2D eigenvalue weighted by atomic mass is 9.97. The molecule has 19 heavy (non-hydrogen) atoms. The highest BCUT2D eigenvalue weighted by molar-refractivity contribution is 6.30. The van der Waals surface area contributed by atoms with Gasteiger partial charge in [-0.25, -0.2) is 0 Å². The van der Waals surface area contributed by atoms with E-state index in [1.165, 1.54) is 16.3 Å². The Kier molecular flexibility index (Phi) is 3.24. The third-order valence-electron chi connectivity index (χ3n) is 3.35. The second-order valence-electron chi connectivity index (χ2n) is 4.57. The number of rotatable bonds is 2. The van der Waals surface area contributed by atoms with Gasteiger partial charge < -0.3 is 5.73 Å². The van der Waals surface area contributed by atoms with Gasteiger partial charge in [0.15, 0.2) is 0 Å². The van der Waals surface area contributed by atoms with E-state index in [9.17, 15) is 0 Å². The van der Waals surface area contributed by atoms with Crippen LogP contribution in [0.2, 0.25) is 5.02 Å². The molecule has 3 aromatic rings. The van der Waals surface area contributed by atoms with Crippen LogP contribution >= 0.6 is 11.6 Å². The summed E-state index contributed by atoms with van der Waals surface area (Å²) in [5, 5.41) is 3.21. The van der Waals surface area contributed by atoms with Crippen LogP contribution in [-0.2, 0) is 6.54 Å². The van der Waals surface area contributed by atoms with E-state index in [1.807, 2.05) is 18.2 Å². The summed E-state index contributed by atoms with van der Waals surface area (Å²) in [7, 11) is 0. The maximum Gasteiger partial charge on any atom is 0.0409 e. The molecule has 94 valence electrons. The van der Waals surface area contributed by atoms with Crippen molar-refractivity contribution >= 4 is 22.4 Å². The molecule has 0 bridgehead atoms. The highest BCUT2D eigenvalue weighted by atomic mass is 35.5. The van der Waals surface area contributed by atoms with Crippen LogP contribution in [-0.4, -0.2) is 0 Å². The molecule has 0 aliphatic rings. The van der Waals surface area contributed by atoms with E-state index in [2.05, 4.69) is 42.5 Å². The zero-order chi connectivity index (χ0) is 13.2. The first-order chi connectivity index (χ1) is 9.28. The van der Waals surface area contributed by atoms with Gasteiger partial charge in [-0.15, -0.1) is 0 Å². The second kappa shape index (κ2) is 5.04. The summed E-state index contributed by atoms with van der Waals surface area (Å²) in [4.78, 5) is 0. The van der Waals surface area contributed by atoms with Gasteiger partial charge in [-0.05, 0) is 45.7 Å².